The SMILES string of the molecule is CCC(C)C(C)NC(C)CCc1ccc2c(c1)OCO2. The van der Waals surface area contributed by atoms with E-state index in [9.17, 15) is 0 Å². The van der Waals surface area contributed by atoms with Gasteiger partial charge in [-0.1, -0.05) is 26.3 Å². The molecule has 0 saturated heterocycles. The van der Waals surface area contributed by atoms with E-state index >= 15 is 0 Å². The average molecular weight is 277 g/mol. The van der Waals surface area contributed by atoms with E-state index < -0.39 is 0 Å². The van der Waals surface area contributed by atoms with Gasteiger partial charge in [0.15, 0.2) is 11.5 Å². The van der Waals surface area contributed by atoms with Crippen LogP contribution in [0.15, 0.2) is 18.2 Å². The molecule has 0 fully saturated rings. The van der Waals surface area contributed by atoms with Crippen molar-refractivity contribution in [2.45, 2.75) is 59.0 Å². The van der Waals surface area contributed by atoms with Crippen molar-refractivity contribution in [1.82, 2.24) is 5.32 Å². The lowest BCUT2D eigenvalue weighted by Crippen LogP contribution is -2.38. The Hall–Kier alpha value is -1.22. The first-order valence-corrected chi connectivity index (χ1v) is 7.74. The molecule has 0 aliphatic carbocycles. The Morgan fingerprint density at radius 2 is 1.90 bits per heavy atom. The summed E-state index contributed by atoms with van der Waals surface area (Å²) in [5.41, 5.74) is 1.32. The quantitative estimate of drug-likeness (QED) is 0.823. The maximum atomic E-state index is 5.42. The summed E-state index contributed by atoms with van der Waals surface area (Å²) in [5, 5.41) is 3.70. The molecule has 1 aliphatic heterocycles. The monoisotopic (exact) mass is 277 g/mol. The molecule has 1 heterocycles. The predicted octanol–water partition coefficient (Wildman–Crippen LogP) is 3.76. The summed E-state index contributed by atoms with van der Waals surface area (Å²) in [6.07, 6.45) is 3.43. The molecule has 0 aromatic heterocycles. The molecule has 1 aromatic carbocycles. The van der Waals surface area contributed by atoms with Crippen molar-refractivity contribution < 1.29 is 9.47 Å². The summed E-state index contributed by atoms with van der Waals surface area (Å²) in [7, 11) is 0. The molecule has 1 aromatic rings. The highest BCUT2D eigenvalue weighted by Crippen LogP contribution is 2.32. The Morgan fingerprint density at radius 1 is 1.15 bits per heavy atom. The van der Waals surface area contributed by atoms with Crippen LogP contribution in [0, 0.1) is 5.92 Å². The Bertz CT molecular complexity index is 433. The van der Waals surface area contributed by atoms with Crippen LogP contribution in [0.2, 0.25) is 0 Å². The van der Waals surface area contributed by atoms with Gasteiger partial charge in [-0.05, 0) is 50.3 Å². The van der Waals surface area contributed by atoms with Crippen LogP contribution in [-0.2, 0) is 6.42 Å². The second-order valence-corrected chi connectivity index (χ2v) is 5.97. The van der Waals surface area contributed by atoms with Crippen LogP contribution in [0.1, 0.15) is 46.1 Å². The molecular weight excluding hydrogens is 250 g/mol. The minimum Gasteiger partial charge on any atom is -0.454 e. The van der Waals surface area contributed by atoms with Crippen molar-refractivity contribution in [3.63, 3.8) is 0 Å². The van der Waals surface area contributed by atoms with Crippen LogP contribution in [0.3, 0.4) is 0 Å². The topological polar surface area (TPSA) is 30.5 Å². The Morgan fingerprint density at radius 3 is 2.65 bits per heavy atom. The lowest BCUT2D eigenvalue weighted by molar-refractivity contribution is 0.174. The molecule has 0 saturated carbocycles. The highest BCUT2D eigenvalue weighted by atomic mass is 16.7. The van der Waals surface area contributed by atoms with Crippen LogP contribution in [0.4, 0.5) is 0 Å². The number of rotatable bonds is 7. The Labute approximate surface area is 122 Å². The van der Waals surface area contributed by atoms with Crippen LogP contribution < -0.4 is 14.8 Å². The van der Waals surface area contributed by atoms with Crippen LogP contribution in [-0.4, -0.2) is 18.9 Å². The summed E-state index contributed by atoms with van der Waals surface area (Å²) in [4.78, 5) is 0. The summed E-state index contributed by atoms with van der Waals surface area (Å²) < 4.78 is 10.8. The van der Waals surface area contributed by atoms with Gasteiger partial charge in [0.25, 0.3) is 0 Å². The largest absolute Gasteiger partial charge is 0.454 e. The van der Waals surface area contributed by atoms with E-state index in [0.29, 0.717) is 18.9 Å². The summed E-state index contributed by atoms with van der Waals surface area (Å²) in [6, 6.07) is 7.36. The van der Waals surface area contributed by atoms with Gasteiger partial charge >= 0.3 is 0 Å². The molecule has 2 rings (SSSR count). The molecule has 0 spiro atoms. The summed E-state index contributed by atoms with van der Waals surface area (Å²) >= 11 is 0. The lowest BCUT2D eigenvalue weighted by atomic mass is 9.99. The van der Waals surface area contributed by atoms with E-state index in [2.05, 4.69) is 45.1 Å². The summed E-state index contributed by atoms with van der Waals surface area (Å²) in [6.45, 7) is 9.46. The molecule has 3 atom stereocenters. The number of fused-ring (bicyclic) bond motifs is 1. The molecule has 1 aliphatic rings. The fraction of sp³-hybridized carbons (Fsp3) is 0.647. The van der Waals surface area contributed by atoms with Gasteiger partial charge in [0.2, 0.25) is 6.79 Å². The highest BCUT2D eigenvalue weighted by Gasteiger charge is 2.15. The maximum Gasteiger partial charge on any atom is 0.231 e. The first-order valence-electron chi connectivity index (χ1n) is 7.74. The molecule has 3 nitrogen and oxygen atoms in total. The summed E-state index contributed by atoms with van der Waals surface area (Å²) in [5.74, 6) is 2.48. The normalized spacial score (nSPS) is 17.8. The predicted molar refractivity (Wildman–Crippen MR) is 82.4 cm³/mol. The molecule has 0 bridgehead atoms. The number of aryl methyl sites for hydroxylation is 1. The van der Waals surface area contributed by atoms with E-state index in [-0.39, 0.29) is 0 Å². The fourth-order valence-corrected chi connectivity index (χ4v) is 2.53. The Kier molecular flexibility index (Phi) is 5.30. The lowest BCUT2D eigenvalue weighted by Gasteiger charge is -2.24. The molecule has 20 heavy (non-hydrogen) atoms. The second-order valence-electron chi connectivity index (χ2n) is 5.97. The van der Waals surface area contributed by atoms with Gasteiger partial charge in [-0.3, -0.25) is 0 Å². The minimum atomic E-state index is 0.350. The molecule has 0 radical (unpaired) electrons. The van der Waals surface area contributed by atoms with Gasteiger partial charge in [-0.2, -0.15) is 0 Å². The van der Waals surface area contributed by atoms with E-state index in [0.717, 1.165) is 30.3 Å². The van der Waals surface area contributed by atoms with Crippen molar-refractivity contribution in [3.05, 3.63) is 23.8 Å². The number of ether oxygens (including phenoxy) is 2. The fourth-order valence-electron chi connectivity index (χ4n) is 2.53. The van der Waals surface area contributed by atoms with Crippen molar-refractivity contribution in [3.8, 4) is 11.5 Å². The van der Waals surface area contributed by atoms with Gasteiger partial charge < -0.3 is 14.8 Å². The first-order chi connectivity index (χ1) is 9.60. The third-order valence-electron chi connectivity index (χ3n) is 4.35. The molecule has 112 valence electrons. The van der Waals surface area contributed by atoms with Crippen LogP contribution in [0.25, 0.3) is 0 Å². The van der Waals surface area contributed by atoms with Crippen LogP contribution in [0.5, 0.6) is 11.5 Å². The van der Waals surface area contributed by atoms with E-state index in [1.807, 2.05) is 6.07 Å². The maximum absolute atomic E-state index is 5.42. The number of hydrogen-bond donors (Lipinski definition) is 1. The first kappa shape index (κ1) is 15.2. The number of nitrogens with one attached hydrogen (secondary N) is 1. The zero-order chi connectivity index (χ0) is 14.5. The van der Waals surface area contributed by atoms with Crippen LogP contribution >= 0.6 is 0 Å². The van der Waals surface area contributed by atoms with Gasteiger partial charge in [0, 0.05) is 12.1 Å². The van der Waals surface area contributed by atoms with Gasteiger partial charge in [0.1, 0.15) is 0 Å². The van der Waals surface area contributed by atoms with E-state index in [1.165, 1.54) is 12.0 Å². The van der Waals surface area contributed by atoms with E-state index in [1.54, 1.807) is 0 Å². The molecule has 3 unspecified atom stereocenters. The van der Waals surface area contributed by atoms with Gasteiger partial charge in [0.05, 0.1) is 0 Å². The zero-order valence-corrected chi connectivity index (χ0v) is 13.1. The zero-order valence-electron chi connectivity index (χ0n) is 13.1. The standard InChI is InChI=1S/C17H27NO2/c1-5-12(2)14(4)18-13(3)6-7-15-8-9-16-17(10-15)20-11-19-16/h8-10,12-14,18H,5-7,11H2,1-4H3. The average Bonchev–Trinajstić information content (AvgIpc) is 2.91. The smallest absolute Gasteiger partial charge is 0.231 e. The van der Waals surface area contributed by atoms with Crippen molar-refractivity contribution >= 4 is 0 Å². The minimum absolute atomic E-state index is 0.350. The molecule has 0 amide bonds. The third kappa shape index (κ3) is 3.89. The molecular formula is C17H27NO2. The highest BCUT2D eigenvalue weighted by molar-refractivity contribution is 5.44. The van der Waals surface area contributed by atoms with E-state index in [4.69, 9.17) is 9.47 Å². The Balaban J connectivity index is 1.80. The van der Waals surface area contributed by atoms with Gasteiger partial charge in [-0.15, -0.1) is 0 Å². The second kappa shape index (κ2) is 6.98. The van der Waals surface area contributed by atoms with Crippen molar-refractivity contribution in [1.29, 1.82) is 0 Å². The number of benzene rings is 1. The number of hydrogen-bond acceptors (Lipinski definition) is 3. The molecule has 3 heteroatoms. The molecule has 1 N–H and O–H groups in total. The van der Waals surface area contributed by atoms with Crippen molar-refractivity contribution in [2.24, 2.45) is 5.92 Å². The van der Waals surface area contributed by atoms with Crippen molar-refractivity contribution in [2.75, 3.05) is 6.79 Å². The van der Waals surface area contributed by atoms with Gasteiger partial charge in [-0.25, -0.2) is 0 Å². The third-order valence-corrected chi connectivity index (χ3v) is 4.35.